The number of carbonyl (C=O) groups is 1. The summed E-state index contributed by atoms with van der Waals surface area (Å²) < 4.78 is 31.9. The molecule has 0 atom stereocenters. The number of methoxy groups -OCH3 is 1. The first-order chi connectivity index (χ1) is 12.3. The third-order valence-electron chi connectivity index (χ3n) is 4.35. The first-order valence-corrected chi connectivity index (χ1v) is 10.6. The average molecular weight is 415 g/mol. The highest BCUT2D eigenvalue weighted by atomic mass is 35.5. The van der Waals surface area contributed by atoms with Gasteiger partial charge in [-0.05, 0) is 41.8 Å². The lowest BCUT2D eigenvalue weighted by Crippen LogP contribution is -2.43. The summed E-state index contributed by atoms with van der Waals surface area (Å²) in [5.74, 6) is 0.513. The number of sulfonamides is 1. The fourth-order valence-corrected chi connectivity index (χ4v) is 5.65. The summed E-state index contributed by atoms with van der Waals surface area (Å²) in [4.78, 5) is 14.3. The number of hydrogen-bond acceptors (Lipinski definition) is 5. The summed E-state index contributed by atoms with van der Waals surface area (Å²) in [5.41, 5.74) is 2.21. The van der Waals surface area contributed by atoms with E-state index in [2.05, 4.69) is 0 Å². The Labute approximate surface area is 162 Å². The molecule has 0 aliphatic carbocycles. The molecule has 1 aliphatic heterocycles. The van der Waals surface area contributed by atoms with E-state index >= 15 is 0 Å². The molecule has 0 radical (unpaired) electrons. The number of rotatable bonds is 5. The Hall–Kier alpha value is -1.61. The number of nitrogens with zero attached hydrogens (tertiary/aromatic N) is 2. The van der Waals surface area contributed by atoms with Gasteiger partial charge >= 0.3 is 0 Å². The second-order valence-electron chi connectivity index (χ2n) is 6.02. The van der Waals surface area contributed by atoms with E-state index in [0.29, 0.717) is 17.4 Å². The first-order valence-electron chi connectivity index (χ1n) is 7.96. The van der Waals surface area contributed by atoms with Gasteiger partial charge in [0.15, 0.2) is 0 Å². The van der Waals surface area contributed by atoms with Gasteiger partial charge in [0.05, 0.1) is 18.0 Å². The lowest BCUT2D eigenvalue weighted by molar-refractivity contribution is -0.132. The predicted molar refractivity (Wildman–Crippen MR) is 101 cm³/mol. The maximum Gasteiger partial charge on any atom is 0.252 e. The molecule has 140 valence electrons. The van der Waals surface area contributed by atoms with Gasteiger partial charge in [0, 0.05) is 20.1 Å². The van der Waals surface area contributed by atoms with Crippen LogP contribution < -0.4 is 4.74 Å². The molecule has 0 spiro atoms. The Balaban J connectivity index is 1.70. The summed E-state index contributed by atoms with van der Waals surface area (Å²) in [6.45, 7) is 0.804. The van der Waals surface area contributed by atoms with Crippen LogP contribution in [0, 0.1) is 0 Å². The van der Waals surface area contributed by atoms with E-state index in [1.807, 2.05) is 18.2 Å². The molecule has 2 aromatic rings. The number of amides is 1. The molecule has 0 saturated carbocycles. The van der Waals surface area contributed by atoms with Gasteiger partial charge in [0.2, 0.25) is 5.91 Å². The minimum atomic E-state index is -3.72. The van der Waals surface area contributed by atoms with Crippen LogP contribution in [0.4, 0.5) is 0 Å². The minimum absolute atomic E-state index is 0.131. The average Bonchev–Trinajstić information content (AvgIpc) is 3.07. The van der Waals surface area contributed by atoms with E-state index in [9.17, 15) is 13.2 Å². The van der Waals surface area contributed by atoms with Crippen molar-refractivity contribution < 1.29 is 17.9 Å². The van der Waals surface area contributed by atoms with Crippen LogP contribution in [0.3, 0.4) is 0 Å². The fourth-order valence-electron chi connectivity index (χ4n) is 2.84. The number of halogens is 1. The smallest absolute Gasteiger partial charge is 0.252 e. The SMILES string of the molecule is COc1ccc2c(c1)CN(C(=O)CN(C)S(=O)(=O)c1ccc(Cl)s1)CC2. The van der Waals surface area contributed by atoms with Crippen molar-refractivity contribution in [1.82, 2.24) is 9.21 Å². The highest BCUT2D eigenvalue weighted by molar-refractivity contribution is 7.91. The molecule has 9 heteroatoms. The van der Waals surface area contributed by atoms with Crippen molar-refractivity contribution in [2.24, 2.45) is 0 Å². The van der Waals surface area contributed by atoms with Crippen LogP contribution in [-0.4, -0.2) is 50.8 Å². The summed E-state index contributed by atoms with van der Waals surface area (Å²) in [7, 11) is -0.717. The normalized spacial score (nSPS) is 14.4. The van der Waals surface area contributed by atoms with Crippen LogP contribution in [0.5, 0.6) is 5.75 Å². The molecule has 1 aromatic heterocycles. The Morgan fingerprint density at radius 1 is 1.31 bits per heavy atom. The zero-order valence-corrected chi connectivity index (χ0v) is 16.8. The van der Waals surface area contributed by atoms with Crippen LogP contribution in [0.25, 0.3) is 0 Å². The lowest BCUT2D eigenvalue weighted by Gasteiger charge is -2.30. The van der Waals surface area contributed by atoms with Crippen molar-refractivity contribution in [3.63, 3.8) is 0 Å². The van der Waals surface area contributed by atoms with Crippen molar-refractivity contribution >= 4 is 38.9 Å². The van der Waals surface area contributed by atoms with Crippen molar-refractivity contribution in [2.45, 2.75) is 17.2 Å². The van der Waals surface area contributed by atoms with E-state index in [-0.39, 0.29) is 16.7 Å². The van der Waals surface area contributed by atoms with Gasteiger partial charge in [-0.25, -0.2) is 8.42 Å². The van der Waals surface area contributed by atoms with Crippen molar-refractivity contribution in [3.8, 4) is 5.75 Å². The number of carbonyl (C=O) groups excluding carboxylic acids is 1. The summed E-state index contributed by atoms with van der Waals surface area (Å²) in [5, 5.41) is 0. The van der Waals surface area contributed by atoms with Gasteiger partial charge in [-0.2, -0.15) is 4.31 Å². The molecule has 0 fully saturated rings. The second kappa shape index (κ2) is 7.56. The van der Waals surface area contributed by atoms with Crippen molar-refractivity contribution in [2.75, 3.05) is 27.2 Å². The topological polar surface area (TPSA) is 66.9 Å². The molecule has 1 aliphatic rings. The molecule has 0 saturated heterocycles. The molecule has 1 amide bonds. The van der Waals surface area contributed by atoms with E-state index < -0.39 is 10.0 Å². The molecule has 0 unspecified atom stereocenters. The van der Waals surface area contributed by atoms with Crippen LogP contribution in [0.1, 0.15) is 11.1 Å². The maximum atomic E-state index is 12.6. The number of benzene rings is 1. The van der Waals surface area contributed by atoms with E-state index in [0.717, 1.165) is 33.4 Å². The monoisotopic (exact) mass is 414 g/mol. The highest BCUT2D eigenvalue weighted by Crippen LogP contribution is 2.28. The van der Waals surface area contributed by atoms with Gasteiger partial charge in [0.25, 0.3) is 10.0 Å². The fraction of sp³-hybridized carbons (Fsp3) is 0.353. The Kier molecular flexibility index (Phi) is 5.57. The molecule has 0 bridgehead atoms. The molecule has 2 heterocycles. The van der Waals surface area contributed by atoms with Gasteiger partial charge in [-0.15, -0.1) is 11.3 Å². The molecule has 3 rings (SSSR count). The van der Waals surface area contributed by atoms with Crippen LogP contribution in [0.2, 0.25) is 4.34 Å². The van der Waals surface area contributed by atoms with Crippen molar-refractivity contribution in [1.29, 1.82) is 0 Å². The van der Waals surface area contributed by atoms with E-state index in [4.69, 9.17) is 16.3 Å². The zero-order chi connectivity index (χ0) is 18.9. The Bertz CT molecular complexity index is 927. The molecular formula is C17H19ClN2O4S2. The minimum Gasteiger partial charge on any atom is -0.497 e. The Morgan fingerprint density at radius 2 is 2.08 bits per heavy atom. The Morgan fingerprint density at radius 3 is 2.73 bits per heavy atom. The van der Waals surface area contributed by atoms with Crippen LogP contribution in [0.15, 0.2) is 34.5 Å². The highest BCUT2D eigenvalue weighted by Gasteiger charge is 2.28. The maximum absolute atomic E-state index is 12.6. The van der Waals surface area contributed by atoms with Crippen LogP contribution in [-0.2, 0) is 27.8 Å². The number of ether oxygens (including phenoxy) is 1. The van der Waals surface area contributed by atoms with Gasteiger partial charge in [-0.1, -0.05) is 17.7 Å². The summed E-state index contributed by atoms with van der Waals surface area (Å²) in [6, 6.07) is 8.81. The number of hydrogen-bond donors (Lipinski definition) is 0. The van der Waals surface area contributed by atoms with Crippen molar-refractivity contribution in [3.05, 3.63) is 45.8 Å². The summed E-state index contributed by atoms with van der Waals surface area (Å²) >= 11 is 6.80. The molecule has 26 heavy (non-hydrogen) atoms. The number of likely N-dealkylation sites (N-methyl/N-ethyl adjacent to an activating group) is 1. The van der Waals surface area contributed by atoms with E-state index in [1.54, 1.807) is 12.0 Å². The quantitative estimate of drug-likeness (QED) is 0.754. The van der Waals surface area contributed by atoms with Gasteiger partial charge in [0.1, 0.15) is 9.96 Å². The predicted octanol–water partition coefficient (Wildman–Crippen LogP) is 2.62. The number of thiophene rings is 1. The second-order valence-corrected chi connectivity index (χ2v) is 10.0. The third-order valence-corrected chi connectivity index (χ3v) is 7.85. The lowest BCUT2D eigenvalue weighted by atomic mass is 9.99. The standard InChI is InChI=1S/C17H19ClN2O4S2/c1-19(26(22,23)17-6-5-15(18)25-17)11-16(21)20-8-7-12-3-4-14(24-2)9-13(12)10-20/h3-6,9H,7-8,10-11H2,1-2H3. The largest absolute Gasteiger partial charge is 0.497 e. The molecule has 1 aromatic carbocycles. The molecule has 6 nitrogen and oxygen atoms in total. The van der Waals surface area contributed by atoms with Gasteiger partial charge in [-0.3, -0.25) is 4.79 Å². The zero-order valence-electron chi connectivity index (χ0n) is 14.4. The first kappa shape index (κ1) is 19.2. The van der Waals surface area contributed by atoms with Crippen LogP contribution >= 0.6 is 22.9 Å². The van der Waals surface area contributed by atoms with Gasteiger partial charge < -0.3 is 9.64 Å². The third kappa shape index (κ3) is 3.88. The van der Waals surface area contributed by atoms with E-state index in [1.165, 1.54) is 24.7 Å². The number of fused-ring (bicyclic) bond motifs is 1. The summed E-state index contributed by atoms with van der Waals surface area (Å²) in [6.07, 6.45) is 0.738. The molecular weight excluding hydrogens is 396 g/mol. The molecule has 0 N–H and O–H groups in total.